The highest BCUT2D eigenvalue weighted by Crippen LogP contribution is 2.41. The Morgan fingerprint density at radius 2 is 1.70 bits per heavy atom. The molecule has 1 rings (SSSR count). The Morgan fingerprint density at radius 1 is 1.00 bits per heavy atom. The van der Waals surface area contributed by atoms with Gasteiger partial charge in [-0.3, -0.25) is 0 Å². The van der Waals surface area contributed by atoms with E-state index in [2.05, 4.69) is 39.9 Å². The van der Waals surface area contributed by atoms with Gasteiger partial charge in [0, 0.05) is 0 Å². The minimum absolute atomic E-state index is 0.878. The van der Waals surface area contributed by atoms with Gasteiger partial charge in [0.2, 0.25) is 0 Å². The molecule has 1 nitrogen and oxygen atoms in total. The fourth-order valence-corrected chi connectivity index (χ4v) is 4.04. The van der Waals surface area contributed by atoms with Crippen molar-refractivity contribution in [1.29, 1.82) is 0 Å². The van der Waals surface area contributed by atoms with Crippen molar-refractivity contribution in [2.45, 2.75) is 79.6 Å². The lowest BCUT2D eigenvalue weighted by Gasteiger charge is -2.39. The Morgan fingerprint density at radius 3 is 2.25 bits per heavy atom. The first kappa shape index (κ1) is 18.0. The Hall–Kier alpha value is -0.0400. The van der Waals surface area contributed by atoms with Gasteiger partial charge in [0.1, 0.15) is 0 Å². The number of rotatable bonds is 9. The molecular formula is C19H39N. The van der Waals surface area contributed by atoms with Crippen LogP contribution in [0.1, 0.15) is 79.6 Å². The quantitative estimate of drug-likeness (QED) is 0.550. The van der Waals surface area contributed by atoms with Crippen molar-refractivity contribution in [1.82, 2.24) is 5.32 Å². The number of hydrogen-bond acceptors (Lipinski definition) is 1. The molecule has 0 aromatic rings. The summed E-state index contributed by atoms with van der Waals surface area (Å²) >= 11 is 0. The standard InChI is InChI=1S/C19H39N/c1-6-11-20-14-18-10-9-17(15(4)5)13-19(18)12-16(7-2)8-3/h15-20H,6-14H2,1-5H3. The van der Waals surface area contributed by atoms with E-state index in [1.807, 2.05) is 0 Å². The molecule has 0 spiro atoms. The molecule has 1 saturated carbocycles. The maximum Gasteiger partial charge on any atom is -0.00179 e. The predicted molar refractivity (Wildman–Crippen MR) is 91.0 cm³/mol. The molecule has 0 bridgehead atoms. The molecule has 0 aliphatic heterocycles. The first-order chi connectivity index (χ1) is 9.62. The summed E-state index contributed by atoms with van der Waals surface area (Å²) in [6, 6.07) is 0. The minimum Gasteiger partial charge on any atom is -0.316 e. The zero-order valence-electron chi connectivity index (χ0n) is 14.8. The summed E-state index contributed by atoms with van der Waals surface area (Å²) in [5.74, 6) is 4.74. The van der Waals surface area contributed by atoms with E-state index >= 15 is 0 Å². The Bertz CT molecular complexity index is 230. The third-order valence-electron chi connectivity index (χ3n) is 5.75. The van der Waals surface area contributed by atoms with Crippen molar-refractivity contribution in [3.63, 3.8) is 0 Å². The summed E-state index contributed by atoms with van der Waals surface area (Å²) in [7, 11) is 0. The molecule has 1 aliphatic carbocycles. The molecular weight excluding hydrogens is 242 g/mol. The smallest absolute Gasteiger partial charge is 0.00179 e. The number of hydrogen-bond donors (Lipinski definition) is 1. The van der Waals surface area contributed by atoms with Gasteiger partial charge in [0.15, 0.2) is 0 Å². The molecule has 0 amide bonds. The fraction of sp³-hybridized carbons (Fsp3) is 1.00. The van der Waals surface area contributed by atoms with Crippen LogP contribution in [-0.4, -0.2) is 13.1 Å². The van der Waals surface area contributed by atoms with E-state index in [0.717, 1.165) is 29.6 Å². The van der Waals surface area contributed by atoms with Crippen molar-refractivity contribution in [3.05, 3.63) is 0 Å². The van der Waals surface area contributed by atoms with Crippen molar-refractivity contribution in [3.8, 4) is 0 Å². The van der Waals surface area contributed by atoms with Gasteiger partial charge < -0.3 is 5.32 Å². The Balaban J connectivity index is 2.56. The van der Waals surface area contributed by atoms with E-state index in [4.69, 9.17) is 0 Å². The highest BCUT2D eigenvalue weighted by atomic mass is 14.9. The molecule has 1 heteroatoms. The van der Waals surface area contributed by atoms with E-state index in [0.29, 0.717) is 0 Å². The van der Waals surface area contributed by atoms with Crippen LogP contribution in [0.3, 0.4) is 0 Å². The van der Waals surface area contributed by atoms with E-state index in [1.54, 1.807) is 0 Å². The lowest BCUT2D eigenvalue weighted by atomic mass is 9.67. The van der Waals surface area contributed by atoms with Crippen molar-refractivity contribution in [2.24, 2.45) is 29.6 Å². The third kappa shape index (κ3) is 5.76. The van der Waals surface area contributed by atoms with Gasteiger partial charge in [0.25, 0.3) is 0 Å². The van der Waals surface area contributed by atoms with Gasteiger partial charge in [-0.25, -0.2) is 0 Å². The molecule has 0 heterocycles. The third-order valence-corrected chi connectivity index (χ3v) is 5.75. The van der Waals surface area contributed by atoms with E-state index < -0.39 is 0 Å². The van der Waals surface area contributed by atoms with E-state index in [1.165, 1.54) is 58.0 Å². The van der Waals surface area contributed by atoms with Crippen LogP contribution in [0.2, 0.25) is 0 Å². The topological polar surface area (TPSA) is 12.0 Å². The molecule has 0 radical (unpaired) electrons. The first-order valence-electron chi connectivity index (χ1n) is 9.32. The second kappa shape index (κ2) is 9.82. The van der Waals surface area contributed by atoms with Crippen molar-refractivity contribution in [2.75, 3.05) is 13.1 Å². The first-order valence-corrected chi connectivity index (χ1v) is 9.32. The highest BCUT2D eigenvalue weighted by Gasteiger charge is 2.32. The number of nitrogens with one attached hydrogen (secondary N) is 1. The fourth-order valence-electron chi connectivity index (χ4n) is 4.04. The van der Waals surface area contributed by atoms with Crippen LogP contribution in [0.15, 0.2) is 0 Å². The van der Waals surface area contributed by atoms with Gasteiger partial charge in [-0.1, -0.05) is 47.5 Å². The molecule has 3 unspecified atom stereocenters. The van der Waals surface area contributed by atoms with Crippen LogP contribution in [0.4, 0.5) is 0 Å². The van der Waals surface area contributed by atoms with Crippen LogP contribution >= 0.6 is 0 Å². The summed E-state index contributed by atoms with van der Waals surface area (Å²) in [4.78, 5) is 0. The Kier molecular flexibility index (Phi) is 8.84. The maximum absolute atomic E-state index is 3.69. The minimum atomic E-state index is 0.878. The van der Waals surface area contributed by atoms with Gasteiger partial charge in [-0.05, 0) is 74.8 Å². The van der Waals surface area contributed by atoms with Crippen LogP contribution in [0.5, 0.6) is 0 Å². The summed E-state index contributed by atoms with van der Waals surface area (Å²) in [5.41, 5.74) is 0. The SMILES string of the molecule is CCCNCC1CCC(C(C)C)CC1CC(CC)CC. The Labute approximate surface area is 128 Å². The van der Waals surface area contributed by atoms with Gasteiger partial charge in [-0.15, -0.1) is 0 Å². The van der Waals surface area contributed by atoms with Crippen LogP contribution < -0.4 is 5.32 Å². The maximum atomic E-state index is 3.69. The average molecular weight is 282 g/mol. The lowest BCUT2D eigenvalue weighted by molar-refractivity contribution is 0.121. The zero-order chi connectivity index (χ0) is 15.0. The molecule has 0 aromatic carbocycles. The summed E-state index contributed by atoms with van der Waals surface area (Å²) in [6.07, 6.45) is 9.91. The van der Waals surface area contributed by atoms with E-state index in [9.17, 15) is 0 Å². The predicted octanol–water partition coefficient (Wildman–Crippen LogP) is 5.50. The summed E-state index contributed by atoms with van der Waals surface area (Å²) < 4.78 is 0. The lowest BCUT2D eigenvalue weighted by Crippen LogP contribution is -2.35. The average Bonchev–Trinajstić information content (AvgIpc) is 2.45. The molecule has 1 fully saturated rings. The van der Waals surface area contributed by atoms with Crippen molar-refractivity contribution < 1.29 is 0 Å². The van der Waals surface area contributed by atoms with Crippen LogP contribution in [-0.2, 0) is 0 Å². The molecule has 0 saturated heterocycles. The molecule has 1 aliphatic rings. The molecule has 0 aromatic heterocycles. The van der Waals surface area contributed by atoms with Gasteiger partial charge in [0.05, 0.1) is 0 Å². The largest absolute Gasteiger partial charge is 0.316 e. The molecule has 1 N–H and O–H groups in total. The van der Waals surface area contributed by atoms with Crippen LogP contribution in [0.25, 0.3) is 0 Å². The van der Waals surface area contributed by atoms with Gasteiger partial charge >= 0.3 is 0 Å². The molecule has 20 heavy (non-hydrogen) atoms. The summed E-state index contributed by atoms with van der Waals surface area (Å²) in [6.45, 7) is 14.3. The molecule has 3 atom stereocenters. The second-order valence-corrected chi connectivity index (χ2v) is 7.46. The van der Waals surface area contributed by atoms with E-state index in [-0.39, 0.29) is 0 Å². The highest BCUT2D eigenvalue weighted by molar-refractivity contribution is 4.84. The van der Waals surface area contributed by atoms with Crippen LogP contribution in [0, 0.1) is 29.6 Å². The second-order valence-electron chi connectivity index (χ2n) is 7.46. The normalized spacial score (nSPS) is 27.4. The van der Waals surface area contributed by atoms with Gasteiger partial charge in [-0.2, -0.15) is 0 Å². The zero-order valence-corrected chi connectivity index (χ0v) is 14.8. The van der Waals surface area contributed by atoms with Crippen molar-refractivity contribution >= 4 is 0 Å². The monoisotopic (exact) mass is 281 g/mol. The molecule has 120 valence electrons. The summed E-state index contributed by atoms with van der Waals surface area (Å²) in [5, 5.41) is 3.69.